The number of benzene rings is 1. The van der Waals surface area contributed by atoms with Gasteiger partial charge in [0.1, 0.15) is 5.82 Å². The van der Waals surface area contributed by atoms with Gasteiger partial charge >= 0.3 is 5.97 Å². The Bertz CT molecular complexity index is 354. The lowest BCUT2D eigenvalue weighted by atomic mass is 10.1. The summed E-state index contributed by atoms with van der Waals surface area (Å²) in [7, 11) is 0. The summed E-state index contributed by atoms with van der Waals surface area (Å²) in [4.78, 5) is 10.5. The highest BCUT2D eigenvalue weighted by Gasteiger charge is 2.12. The number of hydrogen-bond donors (Lipinski definition) is 3. The molecule has 0 spiro atoms. The SMILES string of the molecule is NC(CO)c1ccc(C(=O)O)cc1F. The van der Waals surface area contributed by atoms with E-state index in [1.165, 1.54) is 12.1 Å². The van der Waals surface area contributed by atoms with Gasteiger partial charge in [-0.05, 0) is 12.1 Å². The van der Waals surface area contributed by atoms with Gasteiger partial charge in [0.25, 0.3) is 0 Å². The van der Waals surface area contributed by atoms with Gasteiger partial charge in [-0.1, -0.05) is 6.07 Å². The predicted octanol–water partition coefficient (Wildman–Crippen LogP) is 0.516. The zero-order chi connectivity index (χ0) is 10.7. The van der Waals surface area contributed by atoms with Gasteiger partial charge in [0.2, 0.25) is 0 Å². The standard InChI is InChI=1S/C9H10FNO3/c10-7-3-5(9(13)14)1-2-6(7)8(11)4-12/h1-3,8,12H,4,11H2,(H,13,14). The molecule has 0 heterocycles. The maximum atomic E-state index is 13.2. The van der Waals surface area contributed by atoms with Crippen molar-refractivity contribution < 1.29 is 19.4 Å². The molecule has 0 saturated heterocycles. The van der Waals surface area contributed by atoms with Crippen LogP contribution in [0.2, 0.25) is 0 Å². The minimum absolute atomic E-state index is 0.109. The molecule has 5 heteroatoms. The summed E-state index contributed by atoms with van der Waals surface area (Å²) in [6.45, 7) is -0.386. The van der Waals surface area contributed by atoms with Crippen molar-refractivity contribution in [3.05, 3.63) is 35.1 Å². The molecule has 14 heavy (non-hydrogen) atoms. The second-order valence-corrected chi connectivity index (χ2v) is 2.83. The quantitative estimate of drug-likeness (QED) is 0.662. The van der Waals surface area contributed by atoms with Crippen molar-refractivity contribution in [2.75, 3.05) is 6.61 Å². The molecule has 1 aromatic rings. The molecule has 1 atom stereocenters. The molecular weight excluding hydrogens is 189 g/mol. The van der Waals surface area contributed by atoms with E-state index in [1.54, 1.807) is 0 Å². The zero-order valence-electron chi connectivity index (χ0n) is 7.27. The Labute approximate surface area is 79.8 Å². The lowest BCUT2D eigenvalue weighted by molar-refractivity contribution is 0.0696. The number of halogens is 1. The monoisotopic (exact) mass is 199 g/mol. The number of aliphatic hydroxyl groups excluding tert-OH is 1. The second-order valence-electron chi connectivity index (χ2n) is 2.83. The summed E-state index contributed by atoms with van der Waals surface area (Å²) in [6.07, 6.45) is 0. The van der Waals surface area contributed by atoms with Crippen LogP contribution in [0, 0.1) is 5.82 Å². The Morgan fingerprint density at radius 3 is 2.64 bits per heavy atom. The maximum Gasteiger partial charge on any atom is 0.335 e. The molecule has 1 unspecified atom stereocenters. The summed E-state index contributed by atoms with van der Waals surface area (Å²) >= 11 is 0. The van der Waals surface area contributed by atoms with Gasteiger partial charge in [-0.15, -0.1) is 0 Å². The Morgan fingerprint density at radius 2 is 2.21 bits per heavy atom. The average Bonchev–Trinajstić information content (AvgIpc) is 2.16. The Morgan fingerprint density at radius 1 is 1.57 bits per heavy atom. The molecule has 4 nitrogen and oxygen atoms in total. The summed E-state index contributed by atoms with van der Waals surface area (Å²) in [6, 6.07) is 2.57. The highest BCUT2D eigenvalue weighted by molar-refractivity contribution is 5.87. The first-order chi connectivity index (χ1) is 6.56. The average molecular weight is 199 g/mol. The molecule has 0 bridgehead atoms. The van der Waals surface area contributed by atoms with E-state index in [4.69, 9.17) is 15.9 Å². The summed E-state index contributed by atoms with van der Waals surface area (Å²) in [5.74, 6) is -1.92. The number of carbonyl (C=O) groups is 1. The number of carboxylic acid groups (broad SMARTS) is 1. The molecule has 4 N–H and O–H groups in total. The van der Waals surface area contributed by atoms with Crippen LogP contribution in [0.25, 0.3) is 0 Å². The molecule has 0 aliphatic carbocycles. The van der Waals surface area contributed by atoms with Gasteiger partial charge in [-0.2, -0.15) is 0 Å². The van der Waals surface area contributed by atoms with E-state index in [2.05, 4.69) is 0 Å². The fourth-order valence-corrected chi connectivity index (χ4v) is 1.06. The molecule has 0 amide bonds. The number of hydrogen-bond acceptors (Lipinski definition) is 3. The first kappa shape index (κ1) is 10.6. The van der Waals surface area contributed by atoms with Crippen LogP contribution in [0.5, 0.6) is 0 Å². The van der Waals surface area contributed by atoms with Gasteiger partial charge in [-0.3, -0.25) is 0 Å². The number of aliphatic hydroxyl groups is 1. The Hall–Kier alpha value is -1.46. The van der Waals surface area contributed by atoms with Crippen LogP contribution in [-0.4, -0.2) is 22.8 Å². The lowest BCUT2D eigenvalue weighted by Gasteiger charge is -2.09. The highest BCUT2D eigenvalue weighted by Crippen LogP contribution is 2.16. The first-order valence-corrected chi connectivity index (χ1v) is 3.95. The summed E-state index contributed by atoms with van der Waals surface area (Å²) < 4.78 is 13.2. The van der Waals surface area contributed by atoms with E-state index in [9.17, 15) is 9.18 Å². The first-order valence-electron chi connectivity index (χ1n) is 3.95. The van der Waals surface area contributed by atoms with E-state index < -0.39 is 17.8 Å². The predicted molar refractivity (Wildman–Crippen MR) is 47.4 cm³/mol. The van der Waals surface area contributed by atoms with Crippen molar-refractivity contribution in [3.8, 4) is 0 Å². The van der Waals surface area contributed by atoms with Crippen molar-refractivity contribution in [1.82, 2.24) is 0 Å². The third-order valence-electron chi connectivity index (χ3n) is 1.84. The molecule has 0 saturated carbocycles. The molecule has 0 aliphatic rings. The molecule has 0 aromatic heterocycles. The minimum atomic E-state index is -1.20. The van der Waals surface area contributed by atoms with Crippen LogP contribution in [0.15, 0.2) is 18.2 Å². The third-order valence-corrected chi connectivity index (χ3v) is 1.84. The van der Waals surface area contributed by atoms with Crippen LogP contribution in [0.1, 0.15) is 22.0 Å². The maximum absolute atomic E-state index is 13.2. The van der Waals surface area contributed by atoms with E-state index in [-0.39, 0.29) is 17.7 Å². The van der Waals surface area contributed by atoms with E-state index in [0.717, 1.165) is 6.07 Å². The molecule has 0 fully saturated rings. The summed E-state index contributed by atoms with van der Waals surface area (Å²) in [5.41, 5.74) is 5.35. The van der Waals surface area contributed by atoms with Gasteiger partial charge in [-0.25, -0.2) is 9.18 Å². The second kappa shape index (κ2) is 4.17. The van der Waals surface area contributed by atoms with Crippen molar-refractivity contribution in [1.29, 1.82) is 0 Å². The molecular formula is C9H10FNO3. The lowest BCUT2D eigenvalue weighted by Crippen LogP contribution is -2.16. The molecule has 76 valence electrons. The van der Waals surface area contributed by atoms with Crippen LogP contribution in [-0.2, 0) is 0 Å². The van der Waals surface area contributed by atoms with Crippen LogP contribution < -0.4 is 5.73 Å². The van der Waals surface area contributed by atoms with Gasteiger partial charge in [0.15, 0.2) is 0 Å². The van der Waals surface area contributed by atoms with Crippen LogP contribution in [0.3, 0.4) is 0 Å². The normalized spacial score (nSPS) is 12.5. The van der Waals surface area contributed by atoms with Crippen LogP contribution >= 0.6 is 0 Å². The van der Waals surface area contributed by atoms with E-state index >= 15 is 0 Å². The molecule has 1 aromatic carbocycles. The number of carboxylic acids is 1. The fraction of sp³-hybridized carbons (Fsp3) is 0.222. The molecule has 1 rings (SSSR count). The smallest absolute Gasteiger partial charge is 0.335 e. The fourth-order valence-electron chi connectivity index (χ4n) is 1.06. The van der Waals surface area contributed by atoms with Gasteiger partial charge in [0.05, 0.1) is 18.2 Å². The largest absolute Gasteiger partial charge is 0.478 e. The molecule has 0 aliphatic heterocycles. The highest BCUT2D eigenvalue weighted by atomic mass is 19.1. The zero-order valence-corrected chi connectivity index (χ0v) is 7.27. The molecule has 0 radical (unpaired) electrons. The third kappa shape index (κ3) is 2.07. The van der Waals surface area contributed by atoms with Crippen molar-refractivity contribution in [2.24, 2.45) is 5.73 Å². The Kier molecular flexibility index (Phi) is 3.16. The van der Waals surface area contributed by atoms with Crippen LogP contribution in [0.4, 0.5) is 4.39 Å². The van der Waals surface area contributed by atoms with Gasteiger partial charge in [0, 0.05) is 5.56 Å². The van der Waals surface area contributed by atoms with E-state index in [0.29, 0.717) is 0 Å². The van der Waals surface area contributed by atoms with Crippen molar-refractivity contribution >= 4 is 5.97 Å². The van der Waals surface area contributed by atoms with Crippen molar-refractivity contribution in [3.63, 3.8) is 0 Å². The summed E-state index contributed by atoms with van der Waals surface area (Å²) in [5, 5.41) is 17.2. The van der Waals surface area contributed by atoms with Crippen molar-refractivity contribution in [2.45, 2.75) is 6.04 Å². The number of rotatable bonds is 3. The van der Waals surface area contributed by atoms with E-state index in [1.807, 2.05) is 0 Å². The minimum Gasteiger partial charge on any atom is -0.478 e. The number of aromatic carboxylic acids is 1. The topological polar surface area (TPSA) is 83.5 Å². The Balaban J connectivity index is 3.07. The van der Waals surface area contributed by atoms with Gasteiger partial charge < -0.3 is 15.9 Å². The number of nitrogens with two attached hydrogens (primary N) is 1.